The minimum atomic E-state index is -0.743. The van der Waals surface area contributed by atoms with Gasteiger partial charge in [-0.15, -0.1) is 0 Å². The number of carbonyl (C=O) groups is 2. The first-order valence-corrected chi connectivity index (χ1v) is 9.76. The van der Waals surface area contributed by atoms with Crippen LogP contribution in [0.1, 0.15) is 23.7 Å². The van der Waals surface area contributed by atoms with Gasteiger partial charge in [-0.3, -0.25) is 9.59 Å². The number of nitrogens with one attached hydrogen (secondary N) is 1. The van der Waals surface area contributed by atoms with Crippen LogP contribution >= 0.6 is 0 Å². The monoisotopic (exact) mass is 389 g/mol. The average molecular weight is 389 g/mol. The number of para-hydroxylation sites is 2. The van der Waals surface area contributed by atoms with Gasteiger partial charge in [-0.05, 0) is 48.9 Å². The molecule has 0 aliphatic carbocycles. The summed E-state index contributed by atoms with van der Waals surface area (Å²) in [5.41, 5.74) is 2.13. The average Bonchev–Trinajstić information content (AvgIpc) is 3.31. The molecule has 0 radical (unpaired) electrons. The molecular formula is C23H23N3O3. The van der Waals surface area contributed by atoms with E-state index in [-0.39, 0.29) is 18.4 Å². The molecule has 0 spiro atoms. The second-order valence-electron chi connectivity index (χ2n) is 6.92. The lowest BCUT2D eigenvalue weighted by atomic mass is 10.1. The van der Waals surface area contributed by atoms with Gasteiger partial charge >= 0.3 is 0 Å². The van der Waals surface area contributed by atoms with E-state index in [4.69, 9.17) is 4.74 Å². The minimum absolute atomic E-state index is 0.164. The zero-order chi connectivity index (χ0) is 20.2. The van der Waals surface area contributed by atoms with Gasteiger partial charge in [0.2, 0.25) is 0 Å². The third-order valence-corrected chi connectivity index (χ3v) is 4.86. The molecule has 2 amide bonds. The van der Waals surface area contributed by atoms with Gasteiger partial charge in [0.05, 0.1) is 12.2 Å². The summed E-state index contributed by atoms with van der Waals surface area (Å²) in [6, 6.07) is 18.6. The van der Waals surface area contributed by atoms with E-state index in [9.17, 15) is 9.59 Å². The quantitative estimate of drug-likeness (QED) is 0.727. The molecule has 1 N–H and O–H groups in total. The number of rotatable bonds is 5. The molecule has 0 bridgehead atoms. The van der Waals surface area contributed by atoms with Crippen LogP contribution in [-0.4, -0.2) is 35.6 Å². The number of fused-ring (bicyclic) bond motifs is 1. The highest BCUT2D eigenvalue weighted by Crippen LogP contribution is 2.34. The molecule has 1 aliphatic heterocycles. The Labute approximate surface area is 169 Å². The number of nitrogens with zero attached hydrogens (tertiary/aromatic N) is 2. The highest BCUT2D eigenvalue weighted by Gasteiger charge is 2.34. The summed E-state index contributed by atoms with van der Waals surface area (Å²) in [4.78, 5) is 27.5. The zero-order valence-corrected chi connectivity index (χ0v) is 16.2. The number of amides is 2. The smallest absolute Gasteiger partial charge is 0.262 e. The normalized spacial score (nSPS) is 15.3. The number of anilines is 1. The Morgan fingerprint density at radius 2 is 1.86 bits per heavy atom. The van der Waals surface area contributed by atoms with Crippen molar-refractivity contribution in [1.29, 1.82) is 0 Å². The van der Waals surface area contributed by atoms with Crippen molar-refractivity contribution in [2.45, 2.75) is 19.4 Å². The Bertz CT molecular complexity index is 1010. The molecule has 6 heteroatoms. The fraction of sp³-hybridized carbons (Fsp3) is 0.217. The molecule has 1 atom stereocenters. The Morgan fingerprint density at radius 3 is 2.66 bits per heavy atom. The summed E-state index contributed by atoms with van der Waals surface area (Å²) in [6.07, 6.45) is 3.96. The van der Waals surface area contributed by atoms with E-state index in [0.717, 1.165) is 12.1 Å². The van der Waals surface area contributed by atoms with Crippen LogP contribution in [0, 0.1) is 0 Å². The fourth-order valence-corrected chi connectivity index (χ4v) is 3.39. The molecule has 2 heterocycles. The summed E-state index contributed by atoms with van der Waals surface area (Å²) in [6.45, 7) is 2.73. The summed E-state index contributed by atoms with van der Waals surface area (Å²) in [5.74, 6) is 0.161. The van der Waals surface area contributed by atoms with E-state index in [1.165, 1.54) is 0 Å². The van der Waals surface area contributed by atoms with Crippen LogP contribution in [-0.2, 0) is 4.79 Å². The standard InChI is InChI=1S/C23H23N3O3/c1-2-12-24-22(27)21-16-26(19-10-3-4-11-20(19)29-21)23(28)17-8-7-9-18(15-17)25-13-5-6-14-25/h3-11,13-15,21H,2,12,16H2,1H3,(H,24,27). The Morgan fingerprint density at radius 1 is 1.07 bits per heavy atom. The Kier molecular flexibility index (Phi) is 5.33. The number of benzene rings is 2. The molecule has 0 saturated carbocycles. The molecule has 6 nitrogen and oxygen atoms in total. The predicted octanol–water partition coefficient (Wildman–Crippen LogP) is 3.41. The molecule has 0 saturated heterocycles. The van der Waals surface area contributed by atoms with Crippen LogP contribution in [0.25, 0.3) is 5.69 Å². The van der Waals surface area contributed by atoms with Crippen molar-refractivity contribution >= 4 is 17.5 Å². The van der Waals surface area contributed by atoms with Gasteiger partial charge in [0.15, 0.2) is 6.10 Å². The molecule has 1 aromatic heterocycles. The lowest BCUT2D eigenvalue weighted by Crippen LogP contribution is -2.50. The minimum Gasteiger partial charge on any atom is -0.477 e. The summed E-state index contributed by atoms with van der Waals surface area (Å²) in [7, 11) is 0. The molecule has 0 fully saturated rings. The van der Waals surface area contributed by atoms with Crippen LogP contribution in [0.4, 0.5) is 5.69 Å². The number of aromatic nitrogens is 1. The maximum atomic E-state index is 13.4. The molecule has 1 unspecified atom stereocenters. The van der Waals surface area contributed by atoms with E-state index in [1.807, 2.05) is 72.4 Å². The van der Waals surface area contributed by atoms with Crippen molar-refractivity contribution < 1.29 is 14.3 Å². The topological polar surface area (TPSA) is 63.6 Å². The van der Waals surface area contributed by atoms with Crippen LogP contribution in [0.5, 0.6) is 5.75 Å². The van der Waals surface area contributed by atoms with E-state index in [1.54, 1.807) is 17.0 Å². The summed E-state index contributed by atoms with van der Waals surface area (Å²) < 4.78 is 7.83. The lowest BCUT2D eigenvalue weighted by Gasteiger charge is -2.34. The van der Waals surface area contributed by atoms with Gasteiger partial charge in [-0.2, -0.15) is 0 Å². The van der Waals surface area contributed by atoms with Gasteiger partial charge in [0.1, 0.15) is 5.75 Å². The predicted molar refractivity (Wildman–Crippen MR) is 112 cm³/mol. The van der Waals surface area contributed by atoms with Gasteiger partial charge in [-0.25, -0.2) is 0 Å². The Hall–Kier alpha value is -3.54. The van der Waals surface area contributed by atoms with Crippen molar-refractivity contribution in [3.8, 4) is 11.4 Å². The molecule has 2 aromatic carbocycles. The summed E-state index contributed by atoms with van der Waals surface area (Å²) >= 11 is 0. The second kappa shape index (κ2) is 8.22. The van der Waals surface area contributed by atoms with Crippen molar-refractivity contribution in [2.75, 3.05) is 18.0 Å². The van der Waals surface area contributed by atoms with Gasteiger partial charge in [0, 0.05) is 30.2 Å². The van der Waals surface area contributed by atoms with E-state index in [2.05, 4.69) is 5.32 Å². The fourth-order valence-electron chi connectivity index (χ4n) is 3.39. The molecular weight excluding hydrogens is 366 g/mol. The summed E-state index contributed by atoms with van der Waals surface area (Å²) in [5, 5.41) is 2.85. The molecule has 29 heavy (non-hydrogen) atoms. The molecule has 3 aromatic rings. The highest BCUT2D eigenvalue weighted by molar-refractivity contribution is 6.08. The largest absolute Gasteiger partial charge is 0.477 e. The van der Waals surface area contributed by atoms with Crippen molar-refractivity contribution in [3.05, 3.63) is 78.6 Å². The van der Waals surface area contributed by atoms with Crippen molar-refractivity contribution in [2.24, 2.45) is 0 Å². The second-order valence-corrected chi connectivity index (χ2v) is 6.92. The highest BCUT2D eigenvalue weighted by atomic mass is 16.5. The van der Waals surface area contributed by atoms with Crippen LogP contribution in [0.3, 0.4) is 0 Å². The van der Waals surface area contributed by atoms with Gasteiger partial charge in [-0.1, -0.05) is 25.1 Å². The zero-order valence-electron chi connectivity index (χ0n) is 16.2. The number of hydrogen-bond donors (Lipinski definition) is 1. The maximum Gasteiger partial charge on any atom is 0.262 e. The molecule has 4 rings (SSSR count). The van der Waals surface area contributed by atoms with Crippen molar-refractivity contribution in [1.82, 2.24) is 9.88 Å². The first-order valence-electron chi connectivity index (χ1n) is 9.76. The number of hydrogen-bond acceptors (Lipinski definition) is 3. The number of ether oxygens (including phenoxy) is 1. The SMILES string of the molecule is CCCNC(=O)C1CN(C(=O)c2cccc(-n3cccc3)c2)c2ccccc2O1. The van der Waals surface area contributed by atoms with Crippen LogP contribution in [0.2, 0.25) is 0 Å². The molecule has 148 valence electrons. The van der Waals surface area contributed by atoms with E-state index in [0.29, 0.717) is 23.5 Å². The van der Waals surface area contributed by atoms with E-state index < -0.39 is 6.10 Å². The van der Waals surface area contributed by atoms with Crippen LogP contribution < -0.4 is 15.0 Å². The third-order valence-electron chi connectivity index (χ3n) is 4.86. The number of carbonyl (C=O) groups excluding carboxylic acids is 2. The van der Waals surface area contributed by atoms with Crippen molar-refractivity contribution in [3.63, 3.8) is 0 Å². The van der Waals surface area contributed by atoms with Gasteiger partial charge < -0.3 is 19.5 Å². The first-order chi connectivity index (χ1) is 14.2. The Balaban J connectivity index is 1.65. The van der Waals surface area contributed by atoms with Crippen LogP contribution in [0.15, 0.2) is 73.1 Å². The third kappa shape index (κ3) is 3.87. The lowest BCUT2D eigenvalue weighted by molar-refractivity contribution is -0.127. The maximum absolute atomic E-state index is 13.4. The first kappa shape index (κ1) is 18.8. The van der Waals surface area contributed by atoms with Gasteiger partial charge in [0.25, 0.3) is 11.8 Å². The molecule has 1 aliphatic rings. The van der Waals surface area contributed by atoms with E-state index >= 15 is 0 Å².